The molecule has 108 valence electrons. The first-order chi connectivity index (χ1) is 9.58. The number of aromatic hydroxyl groups is 1. The van der Waals surface area contributed by atoms with E-state index in [1.165, 1.54) is 0 Å². The molecular weight excluding hydrogens is 330 g/mol. The van der Waals surface area contributed by atoms with Crippen LogP contribution in [-0.2, 0) is 4.79 Å². The number of aliphatic carboxylic acids is 1. The predicted octanol–water partition coefficient (Wildman–Crippen LogP) is 1.66. The number of rotatable bonds is 2. The highest BCUT2D eigenvalue weighted by Crippen LogP contribution is 2.48. The first-order valence-electron chi connectivity index (χ1n) is 6.35. The average Bonchev–Trinajstić information content (AvgIpc) is 2.92. The van der Waals surface area contributed by atoms with Crippen molar-refractivity contribution in [2.45, 2.75) is 12.5 Å². The number of carbonyl (C=O) groups is 1. The fraction of sp³-hybridized carbons (Fsp3) is 0.462. The van der Waals surface area contributed by atoms with Gasteiger partial charge in [-0.3, -0.25) is 4.79 Å². The predicted molar refractivity (Wildman–Crippen MR) is 73.3 cm³/mol. The molecule has 0 bridgehead atoms. The minimum atomic E-state index is -0.823. The van der Waals surface area contributed by atoms with Gasteiger partial charge < -0.3 is 25.0 Å². The van der Waals surface area contributed by atoms with Crippen LogP contribution in [0.4, 0.5) is 0 Å². The van der Waals surface area contributed by atoms with Crippen molar-refractivity contribution in [1.82, 2.24) is 5.32 Å². The van der Waals surface area contributed by atoms with Gasteiger partial charge in [-0.15, -0.1) is 0 Å². The summed E-state index contributed by atoms with van der Waals surface area (Å²) in [5.74, 6) is -0.137. The van der Waals surface area contributed by atoms with Crippen molar-refractivity contribution in [1.29, 1.82) is 0 Å². The van der Waals surface area contributed by atoms with Crippen LogP contribution in [0.15, 0.2) is 10.5 Å². The Balaban J connectivity index is 1.94. The van der Waals surface area contributed by atoms with Crippen LogP contribution in [0.2, 0.25) is 0 Å². The van der Waals surface area contributed by atoms with Crippen LogP contribution in [0, 0.1) is 5.92 Å². The van der Waals surface area contributed by atoms with Gasteiger partial charge in [0.15, 0.2) is 11.5 Å². The average molecular weight is 344 g/mol. The van der Waals surface area contributed by atoms with Gasteiger partial charge in [0.25, 0.3) is 0 Å². The number of phenols is 1. The maximum Gasteiger partial charge on any atom is 0.307 e. The molecule has 0 saturated carbocycles. The SMILES string of the molecule is O=C(O)C1CNC(c2cc3c(c(Br)c2O)OCCO3)C1. The van der Waals surface area contributed by atoms with Crippen LogP contribution in [0.25, 0.3) is 0 Å². The second-order valence-corrected chi connectivity index (χ2v) is 5.68. The number of nitrogens with one attached hydrogen (secondary N) is 1. The summed E-state index contributed by atoms with van der Waals surface area (Å²) in [6.45, 7) is 1.29. The van der Waals surface area contributed by atoms with Gasteiger partial charge in [0.05, 0.1) is 5.92 Å². The Labute approximate surface area is 123 Å². The van der Waals surface area contributed by atoms with E-state index in [-0.39, 0.29) is 11.8 Å². The lowest BCUT2D eigenvalue weighted by Gasteiger charge is -2.23. The molecule has 20 heavy (non-hydrogen) atoms. The third-order valence-electron chi connectivity index (χ3n) is 3.63. The molecule has 0 amide bonds. The molecule has 2 aliphatic heterocycles. The number of benzene rings is 1. The highest BCUT2D eigenvalue weighted by atomic mass is 79.9. The summed E-state index contributed by atoms with van der Waals surface area (Å²) in [5.41, 5.74) is 0.630. The summed E-state index contributed by atoms with van der Waals surface area (Å²) in [7, 11) is 0. The van der Waals surface area contributed by atoms with Gasteiger partial charge >= 0.3 is 5.97 Å². The Kier molecular flexibility index (Phi) is 3.47. The van der Waals surface area contributed by atoms with Gasteiger partial charge in [-0.25, -0.2) is 0 Å². The number of ether oxygens (including phenoxy) is 2. The van der Waals surface area contributed by atoms with Crippen molar-refractivity contribution >= 4 is 21.9 Å². The molecule has 0 aromatic heterocycles. The van der Waals surface area contributed by atoms with Gasteiger partial charge in [0, 0.05) is 18.2 Å². The Morgan fingerprint density at radius 2 is 2.15 bits per heavy atom. The summed E-state index contributed by atoms with van der Waals surface area (Å²) in [4.78, 5) is 11.0. The largest absolute Gasteiger partial charge is 0.506 e. The molecule has 2 aliphatic rings. The number of fused-ring (bicyclic) bond motifs is 1. The molecular formula is C13H14BrNO5. The topological polar surface area (TPSA) is 88.0 Å². The van der Waals surface area contributed by atoms with E-state index in [0.29, 0.717) is 47.7 Å². The Morgan fingerprint density at radius 1 is 1.40 bits per heavy atom. The Bertz CT molecular complexity index is 562. The molecule has 3 rings (SSSR count). The van der Waals surface area contributed by atoms with Crippen LogP contribution in [-0.4, -0.2) is 35.9 Å². The fourth-order valence-corrected chi connectivity index (χ4v) is 3.12. The molecule has 3 N–H and O–H groups in total. The minimum absolute atomic E-state index is 0.0674. The Morgan fingerprint density at radius 3 is 2.85 bits per heavy atom. The van der Waals surface area contributed by atoms with Gasteiger partial charge in [0.1, 0.15) is 23.4 Å². The molecule has 0 spiro atoms. The van der Waals surface area contributed by atoms with E-state index in [1.54, 1.807) is 6.07 Å². The molecule has 1 fully saturated rings. The van der Waals surface area contributed by atoms with E-state index in [9.17, 15) is 9.90 Å². The third kappa shape index (κ3) is 2.20. The number of hydrogen-bond donors (Lipinski definition) is 3. The monoisotopic (exact) mass is 343 g/mol. The second kappa shape index (κ2) is 5.14. The lowest BCUT2D eigenvalue weighted by Crippen LogP contribution is -2.18. The lowest BCUT2D eigenvalue weighted by atomic mass is 9.99. The summed E-state index contributed by atoms with van der Waals surface area (Å²) in [6.07, 6.45) is 0.439. The van der Waals surface area contributed by atoms with Gasteiger partial charge in [-0.1, -0.05) is 0 Å². The molecule has 0 radical (unpaired) electrons. The van der Waals surface area contributed by atoms with Crippen molar-refractivity contribution < 1.29 is 24.5 Å². The second-order valence-electron chi connectivity index (χ2n) is 4.88. The first-order valence-corrected chi connectivity index (χ1v) is 7.14. The van der Waals surface area contributed by atoms with E-state index < -0.39 is 11.9 Å². The molecule has 1 aromatic rings. The smallest absolute Gasteiger partial charge is 0.307 e. The standard InChI is InChI=1S/C13H14BrNO5/c14-10-11(16)7(4-9-12(10)20-2-1-19-9)8-3-6(5-15-8)13(17)18/h4,6,8,15-16H,1-3,5H2,(H,17,18). The molecule has 1 aromatic carbocycles. The molecule has 2 heterocycles. The normalized spacial score (nSPS) is 24.6. The van der Waals surface area contributed by atoms with Crippen LogP contribution < -0.4 is 14.8 Å². The molecule has 1 saturated heterocycles. The summed E-state index contributed by atoms with van der Waals surface area (Å²) < 4.78 is 11.4. The van der Waals surface area contributed by atoms with Crippen molar-refractivity contribution in [3.63, 3.8) is 0 Å². The van der Waals surface area contributed by atoms with Crippen molar-refractivity contribution in [3.8, 4) is 17.2 Å². The van der Waals surface area contributed by atoms with E-state index in [2.05, 4.69) is 21.2 Å². The van der Waals surface area contributed by atoms with Gasteiger partial charge in [-0.05, 0) is 28.4 Å². The van der Waals surface area contributed by atoms with Crippen molar-refractivity contribution in [2.75, 3.05) is 19.8 Å². The minimum Gasteiger partial charge on any atom is -0.506 e. The molecule has 7 heteroatoms. The molecule has 2 atom stereocenters. The zero-order valence-corrected chi connectivity index (χ0v) is 12.1. The number of carboxylic acid groups (broad SMARTS) is 1. The maximum absolute atomic E-state index is 11.0. The van der Waals surface area contributed by atoms with E-state index in [0.717, 1.165) is 0 Å². The van der Waals surface area contributed by atoms with E-state index >= 15 is 0 Å². The quantitative estimate of drug-likeness (QED) is 0.756. The molecule has 6 nitrogen and oxygen atoms in total. The van der Waals surface area contributed by atoms with Crippen LogP contribution in [0.3, 0.4) is 0 Å². The number of hydrogen-bond acceptors (Lipinski definition) is 5. The lowest BCUT2D eigenvalue weighted by molar-refractivity contribution is -0.141. The Hall–Kier alpha value is -1.47. The van der Waals surface area contributed by atoms with Crippen molar-refractivity contribution in [3.05, 3.63) is 16.1 Å². The maximum atomic E-state index is 11.0. The third-order valence-corrected chi connectivity index (χ3v) is 4.37. The van der Waals surface area contributed by atoms with E-state index in [4.69, 9.17) is 14.6 Å². The van der Waals surface area contributed by atoms with Gasteiger partial charge in [0.2, 0.25) is 0 Å². The van der Waals surface area contributed by atoms with Crippen LogP contribution in [0.5, 0.6) is 17.2 Å². The molecule has 0 aliphatic carbocycles. The zero-order valence-electron chi connectivity index (χ0n) is 10.6. The van der Waals surface area contributed by atoms with Crippen LogP contribution >= 0.6 is 15.9 Å². The highest BCUT2D eigenvalue weighted by Gasteiger charge is 2.33. The highest BCUT2D eigenvalue weighted by molar-refractivity contribution is 9.10. The first kappa shape index (κ1) is 13.5. The zero-order chi connectivity index (χ0) is 14.3. The molecule has 2 unspecified atom stereocenters. The number of halogens is 1. The number of carboxylic acids is 1. The van der Waals surface area contributed by atoms with E-state index in [1.807, 2.05) is 0 Å². The summed E-state index contributed by atoms with van der Waals surface area (Å²) in [6, 6.07) is 1.51. The van der Waals surface area contributed by atoms with Crippen molar-refractivity contribution in [2.24, 2.45) is 5.92 Å². The fourth-order valence-electron chi connectivity index (χ4n) is 2.58. The van der Waals surface area contributed by atoms with Crippen LogP contribution in [0.1, 0.15) is 18.0 Å². The number of phenolic OH excluding ortho intramolecular Hbond substituents is 1. The summed E-state index contributed by atoms with van der Waals surface area (Å²) >= 11 is 3.31. The van der Waals surface area contributed by atoms with Gasteiger partial charge in [-0.2, -0.15) is 0 Å². The summed E-state index contributed by atoms with van der Waals surface area (Å²) in [5, 5.41) is 22.4.